The molecule has 0 saturated heterocycles. The monoisotopic (exact) mass is 360 g/mol. The minimum absolute atomic E-state index is 0.0183. The summed E-state index contributed by atoms with van der Waals surface area (Å²) in [5.74, 6) is -0.363. The summed E-state index contributed by atoms with van der Waals surface area (Å²) in [5, 5.41) is 13.8. The number of aromatic hydroxyl groups is 1. The van der Waals surface area contributed by atoms with Crippen LogP contribution in [-0.2, 0) is 11.3 Å². The highest BCUT2D eigenvalue weighted by Gasteiger charge is 2.19. The zero-order chi connectivity index (χ0) is 19.3. The van der Waals surface area contributed by atoms with Gasteiger partial charge in [-0.05, 0) is 38.5 Å². The molecular weight excluding hydrogens is 332 g/mol. The van der Waals surface area contributed by atoms with Crippen LogP contribution in [0.25, 0.3) is 10.9 Å². The van der Waals surface area contributed by atoms with E-state index < -0.39 is 0 Å². The number of amides is 1. The summed E-state index contributed by atoms with van der Waals surface area (Å²) in [7, 11) is 0. The molecule has 6 nitrogen and oxygen atoms in total. The average Bonchev–Trinajstić information content (AvgIpc) is 2.57. The van der Waals surface area contributed by atoms with Crippen molar-refractivity contribution in [3.05, 3.63) is 28.6 Å². The minimum Gasteiger partial charge on any atom is -0.504 e. The van der Waals surface area contributed by atoms with Crippen molar-refractivity contribution in [1.82, 2.24) is 4.57 Å². The van der Waals surface area contributed by atoms with Crippen molar-refractivity contribution < 1.29 is 14.6 Å². The Balaban J connectivity index is 2.59. The number of unbranched alkanes of at least 4 members (excludes halogenated alkanes) is 3. The van der Waals surface area contributed by atoms with E-state index in [2.05, 4.69) is 12.2 Å². The molecule has 0 atom stereocenters. The fourth-order valence-corrected chi connectivity index (χ4v) is 2.95. The first kappa shape index (κ1) is 19.8. The largest absolute Gasteiger partial charge is 0.504 e. The van der Waals surface area contributed by atoms with Crippen LogP contribution in [0.5, 0.6) is 11.5 Å². The van der Waals surface area contributed by atoms with Crippen LogP contribution >= 0.6 is 0 Å². The van der Waals surface area contributed by atoms with Crippen LogP contribution in [0.2, 0.25) is 0 Å². The van der Waals surface area contributed by atoms with E-state index in [0.717, 1.165) is 25.7 Å². The van der Waals surface area contributed by atoms with E-state index in [9.17, 15) is 14.7 Å². The molecule has 1 heterocycles. The van der Waals surface area contributed by atoms with Gasteiger partial charge in [-0.1, -0.05) is 26.2 Å². The van der Waals surface area contributed by atoms with Gasteiger partial charge in [-0.2, -0.15) is 0 Å². The standard InChI is InChI=1S/C20H28N2O4/c1-5-6-7-8-11-22-17-12-15(21-14(4)23)9-10-16(17)18(24)19(20(22)25)26-13(2)3/h9-10,12-13,24H,5-8,11H2,1-4H3,(H,21,23). The molecule has 2 N–H and O–H groups in total. The van der Waals surface area contributed by atoms with Crippen LogP contribution in [0.3, 0.4) is 0 Å². The van der Waals surface area contributed by atoms with Gasteiger partial charge in [0.05, 0.1) is 11.6 Å². The molecule has 1 aromatic heterocycles. The number of pyridine rings is 1. The molecule has 0 aliphatic rings. The van der Waals surface area contributed by atoms with Gasteiger partial charge in [0.1, 0.15) is 0 Å². The maximum atomic E-state index is 12.9. The molecule has 0 radical (unpaired) electrons. The first-order valence-corrected chi connectivity index (χ1v) is 9.18. The van der Waals surface area contributed by atoms with Crippen molar-refractivity contribution >= 4 is 22.5 Å². The highest BCUT2D eigenvalue weighted by atomic mass is 16.5. The molecule has 0 unspecified atom stereocenters. The van der Waals surface area contributed by atoms with Gasteiger partial charge in [-0.3, -0.25) is 9.59 Å². The third-order valence-corrected chi connectivity index (χ3v) is 4.11. The number of hydrogen-bond donors (Lipinski definition) is 2. The van der Waals surface area contributed by atoms with E-state index in [1.54, 1.807) is 22.8 Å². The van der Waals surface area contributed by atoms with Gasteiger partial charge in [0.2, 0.25) is 11.7 Å². The van der Waals surface area contributed by atoms with Gasteiger partial charge in [0.15, 0.2) is 5.75 Å². The van der Waals surface area contributed by atoms with Crippen molar-refractivity contribution in [2.45, 2.75) is 66.0 Å². The molecule has 0 bridgehead atoms. The Kier molecular flexibility index (Phi) is 6.66. The Bertz CT molecular complexity index is 840. The van der Waals surface area contributed by atoms with Crippen molar-refractivity contribution in [3.63, 3.8) is 0 Å². The van der Waals surface area contributed by atoms with Gasteiger partial charge in [0.25, 0.3) is 5.56 Å². The van der Waals surface area contributed by atoms with E-state index in [0.29, 0.717) is 23.1 Å². The predicted molar refractivity (Wildman–Crippen MR) is 104 cm³/mol. The number of fused-ring (bicyclic) bond motifs is 1. The Morgan fingerprint density at radius 1 is 1.27 bits per heavy atom. The predicted octanol–water partition coefficient (Wildman–Crippen LogP) is 4.03. The van der Waals surface area contributed by atoms with Gasteiger partial charge < -0.3 is 19.7 Å². The van der Waals surface area contributed by atoms with Crippen molar-refractivity contribution in [1.29, 1.82) is 0 Å². The van der Waals surface area contributed by atoms with Crippen molar-refractivity contribution in [2.24, 2.45) is 0 Å². The number of hydrogen-bond acceptors (Lipinski definition) is 4. The summed E-state index contributed by atoms with van der Waals surface area (Å²) in [5.41, 5.74) is 0.829. The molecule has 0 spiro atoms. The Labute approximate surface area is 153 Å². The average molecular weight is 360 g/mol. The number of nitrogens with one attached hydrogen (secondary N) is 1. The highest BCUT2D eigenvalue weighted by Crippen LogP contribution is 2.33. The molecular formula is C20H28N2O4. The smallest absolute Gasteiger partial charge is 0.297 e. The maximum absolute atomic E-state index is 12.9. The number of carbonyl (C=O) groups is 1. The number of anilines is 1. The SMILES string of the molecule is CCCCCCn1c(=O)c(OC(C)C)c(O)c2ccc(NC(C)=O)cc21. The number of nitrogens with zero attached hydrogens (tertiary/aromatic N) is 1. The zero-order valence-electron chi connectivity index (χ0n) is 16.0. The molecule has 142 valence electrons. The van der Waals surface area contributed by atoms with Gasteiger partial charge in [-0.25, -0.2) is 0 Å². The summed E-state index contributed by atoms with van der Waals surface area (Å²) in [6, 6.07) is 5.12. The summed E-state index contributed by atoms with van der Waals surface area (Å²) < 4.78 is 7.23. The van der Waals surface area contributed by atoms with E-state index in [-0.39, 0.29) is 29.1 Å². The molecule has 1 amide bonds. The van der Waals surface area contributed by atoms with Crippen LogP contribution in [0.15, 0.2) is 23.0 Å². The maximum Gasteiger partial charge on any atom is 0.297 e. The summed E-state index contributed by atoms with van der Waals surface area (Å²) in [6.07, 6.45) is 3.88. The quantitative estimate of drug-likeness (QED) is 0.697. The molecule has 0 fully saturated rings. The fourth-order valence-electron chi connectivity index (χ4n) is 2.95. The lowest BCUT2D eigenvalue weighted by molar-refractivity contribution is -0.114. The lowest BCUT2D eigenvalue weighted by atomic mass is 10.1. The second-order valence-electron chi connectivity index (χ2n) is 6.77. The minimum atomic E-state index is -0.347. The molecule has 1 aromatic carbocycles. The second kappa shape index (κ2) is 8.74. The van der Waals surface area contributed by atoms with Gasteiger partial charge >= 0.3 is 0 Å². The normalized spacial score (nSPS) is 11.1. The molecule has 0 aliphatic carbocycles. The number of ether oxygens (including phenoxy) is 1. The topological polar surface area (TPSA) is 80.6 Å². The molecule has 2 aromatic rings. The third-order valence-electron chi connectivity index (χ3n) is 4.11. The van der Waals surface area contributed by atoms with Crippen molar-refractivity contribution in [3.8, 4) is 11.5 Å². The number of aromatic nitrogens is 1. The van der Waals surface area contributed by atoms with Gasteiger partial charge in [0, 0.05) is 24.5 Å². The summed E-state index contributed by atoms with van der Waals surface area (Å²) >= 11 is 0. The molecule has 26 heavy (non-hydrogen) atoms. The molecule has 0 aliphatic heterocycles. The number of aryl methyl sites for hydroxylation is 1. The van der Waals surface area contributed by atoms with Crippen LogP contribution < -0.4 is 15.6 Å². The van der Waals surface area contributed by atoms with E-state index in [1.165, 1.54) is 6.92 Å². The molecule has 6 heteroatoms. The van der Waals surface area contributed by atoms with Crippen LogP contribution in [0.1, 0.15) is 53.4 Å². The first-order chi connectivity index (χ1) is 12.3. The number of rotatable bonds is 8. The van der Waals surface area contributed by atoms with E-state index in [1.807, 2.05) is 13.8 Å². The van der Waals surface area contributed by atoms with Crippen LogP contribution in [0.4, 0.5) is 5.69 Å². The molecule has 2 rings (SSSR count). The third kappa shape index (κ3) is 4.56. The lowest BCUT2D eigenvalue weighted by Crippen LogP contribution is -2.24. The van der Waals surface area contributed by atoms with Crippen LogP contribution in [-0.4, -0.2) is 21.7 Å². The Morgan fingerprint density at radius 3 is 2.62 bits per heavy atom. The van der Waals surface area contributed by atoms with Crippen molar-refractivity contribution in [2.75, 3.05) is 5.32 Å². The Morgan fingerprint density at radius 2 is 2.00 bits per heavy atom. The second-order valence-corrected chi connectivity index (χ2v) is 6.77. The van der Waals surface area contributed by atoms with E-state index >= 15 is 0 Å². The fraction of sp³-hybridized carbons (Fsp3) is 0.500. The van der Waals surface area contributed by atoms with Crippen LogP contribution in [0, 0.1) is 0 Å². The highest BCUT2D eigenvalue weighted by molar-refractivity contribution is 5.94. The Hall–Kier alpha value is -2.50. The summed E-state index contributed by atoms with van der Waals surface area (Å²) in [6.45, 7) is 7.73. The lowest BCUT2D eigenvalue weighted by Gasteiger charge is -2.17. The molecule has 0 saturated carbocycles. The first-order valence-electron chi connectivity index (χ1n) is 9.18. The number of carbonyl (C=O) groups excluding carboxylic acids is 1. The summed E-state index contributed by atoms with van der Waals surface area (Å²) in [4.78, 5) is 24.3. The number of benzene rings is 1. The van der Waals surface area contributed by atoms with E-state index in [4.69, 9.17) is 4.74 Å². The van der Waals surface area contributed by atoms with Gasteiger partial charge in [-0.15, -0.1) is 0 Å². The zero-order valence-corrected chi connectivity index (χ0v) is 16.0.